The van der Waals surface area contributed by atoms with Gasteiger partial charge in [-0.05, 0) is 5.56 Å². The molecule has 2 heterocycles. The Balaban J connectivity index is 2.00. The minimum Gasteiger partial charge on any atom is -0.390 e. The van der Waals surface area contributed by atoms with E-state index in [9.17, 15) is 5.11 Å². The number of aliphatic imine (C=N–C) groups is 1. The maximum Gasteiger partial charge on any atom is 0.114 e. The van der Waals surface area contributed by atoms with Crippen LogP contribution >= 0.6 is 11.6 Å². The summed E-state index contributed by atoms with van der Waals surface area (Å²) in [7, 11) is 0. The van der Waals surface area contributed by atoms with Gasteiger partial charge in [-0.1, -0.05) is 66.2 Å². The van der Waals surface area contributed by atoms with Crippen molar-refractivity contribution in [3.8, 4) is 11.1 Å². The topological polar surface area (TPSA) is 48.4 Å². The number of aromatic amines is 1. The molecule has 0 bridgehead atoms. The Hall–Kier alpha value is -2.36. The van der Waals surface area contributed by atoms with E-state index in [1.54, 1.807) is 0 Å². The maximum absolute atomic E-state index is 9.59. The van der Waals surface area contributed by atoms with Crippen molar-refractivity contribution in [2.24, 2.45) is 4.99 Å². The fourth-order valence-electron chi connectivity index (χ4n) is 3.14. The van der Waals surface area contributed by atoms with Crippen LogP contribution in [-0.4, -0.2) is 15.8 Å². The molecule has 4 heteroatoms. The molecule has 0 fully saturated rings. The van der Waals surface area contributed by atoms with Crippen molar-refractivity contribution in [3.63, 3.8) is 0 Å². The van der Waals surface area contributed by atoms with Crippen molar-refractivity contribution < 1.29 is 5.11 Å². The van der Waals surface area contributed by atoms with Crippen LogP contribution in [0.4, 0.5) is 0 Å². The molecule has 1 aliphatic heterocycles. The second kappa shape index (κ2) is 5.69. The first kappa shape index (κ1) is 14.2. The van der Waals surface area contributed by atoms with Crippen LogP contribution in [0.15, 0.2) is 59.6 Å². The molecule has 0 radical (unpaired) electrons. The number of aliphatic hydroxyl groups excluding tert-OH is 1. The first-order valence-corrected chi connectivity index (χ1v) is 7.87. The van der Waals surface area contributed by atoms with Gasteiger partial charge in [-0.2, -0.15) is 0 Å². The highest BCUT2D eigenvalue weighted by Crippen LogP contribution is 2.39. The minimum atomic E-state index is -0.0760. The van der Waals surface area contributed by atoms with E-state index in [2.05, 4.69) is 29.2 Å². The summed E-state index contributed by atoms with van der Waals surface area (Å²) in [4.78, 5) is 7.90. The molecule has 4 rings (SSSR count). The third-order valence-electron chi connectivity index (χ3n) is 4.20. The lowest BCUT2D eigenvalue weighted by Crippen LogP contribution is -2.04. The van der Waals surface area contributed by atoms with Crippen molar-refractivity contribution in [3.05, 3.63) is 82.1 Å². The van der Waals surface area contributed by atoms with E-state index >= 15 is 0 Å². The summed E-state index contributed by atoms with van der Waals surface area (Å²) in [5.41, 5.74) is 6.79. The smallest absolute Gasteiger partial charge is 0.114 e. The van der Waals surface area contributed by atoms with Gasteiger partial charge in [-0.15, -0.1) is 0 Å². The summed E-state index contributed by atoms with van der Waals surface area (Å²) >= 11 is 6.42. The van der Waals surface area contributed by atoms with Crippen molar-refractivity contribution >= 4 is 17.3 Å². The van der Waals surface area contributed by atoms with Gasteiger partial charge in [0.25, 0.3) is 0 Å². The van der Waals surface area contributed by atoms with E-state index in [0.717, 1.165) is 39.2 Å². The summed E-state index contributed by atoms with van der Waals surface area (Å²) in [6, 6.07) is 18.3. The number of rotatable bonds is 2. The summed E-state index contributed by atoms with van der Waals surface area (Å²) in [6.07, 6.45) is 0. The van der Waals surface area contributed by atoms with Gasteiger partial charge < -0.3 is 10.1 Å². The van der Waals surface area contributed by atoms with Crippen LogP contribution in [-0.2, 0) is 13.2 Å². The molecule has 23 heavy (non-hydrogen) atoms. The molecule has 2 N–H and O–H groups in total. The number of hydrogen-bond acceptors (Lipinski definition) is 2. The fraction of sp³-hybridized carbons (Fsp3) is 0.105. The molecule has 3 aromatic rings. The number of nitrogens with one attached hydrogen (secondary N) is 1. The molecule has 114 valence electrons. The van der Waals surface area contributed by atoms with Crippen molar-refractivity contribution in [2.45, 2.75) is 13.2 Å². The Labute approximate surface area is 139 Å². The van der Waals surface area contributed by atoms with Gasteiger partial charge in [0.2, 0.25) is 0 Å². The summed E-state index contributed by atoms with van der Waals surface area (Å²) < 4.78 is 0. The van der Waals surface area contributed by atoms with E-state index in [1.165, 1.54) is 0 Å². The van der Waals surface area contributed by atoms with Crippen LogP contribution in [0.3, 0.4) is 0 Å². The standard InChI is InChI=1S/C19H15ClN2O/c20-19-17-13-8-4-5-9-14(13)18(12-6-2-1-3-7-12)21-10-15(17)16(11-23)22-19/h1-9,22-23H,10-11H2. The van der Waals surface area contributed by atoms with Gasteiger partial charge in [0.1, 0.15) is 5.15 Å². The van der Waals surface area contributed by atoms with Crippen LogP contribution in [0.25, 0.3) is 11.1 Å². The van der Waals surface area contributed by atoms with Crippen LogP contribution in [0.5, 0.6) is 0 Å². The average Bonchev–Trinajstić information content (AvgIpc) is 2.81. The molecule has 0 amide bonds. The fourth-order valence-corrected chi connectivity index (χ4v) is 3.47. The highest BCUT2D eigenvalue weighted by molar-refractivity contribution is 6.33. The van der Waals surface area contributed by atoms with E-state index < -0.39 is 0 Å². The molecule has 2 aromatic carbocycles. The van der Waals surface area contributed by atoms with Crippen molar-refractivity contribution in [1.82, 2.24) is 4.98 Å². The Kier molecular flexibility index (Phi) is 3.52. The maximum atomic E-state index is 9.59. The van der Waals surface area contributed by atoms with E-state index in [0.29, 0.717) is 11.7 Å². The largest absolute Gasteiger partial charge is 0.390 e. The van der Waals surface area contributed by atoms with Crippen LogP contribution in [0.2, 0.25) is 5.15 Å². The Morgan fingerprint density at radius 1 is 1.00 bits per heavy atom. The zero-order valence-electron chi connectivity index (χ0n) is 12.4. The molecule has 0 unspecified atom stereocenters. The lowest BCUT2D eigenvalue weighted by molar-refractivity contribution is 0.276. The molecule has 0 saturated carbocycles. The summed E-state index contributed by atoms with van der Waals surface area (Å²) in [5.74, 6) is 0. The number of aromatic nitrogens is 1. The van der Waals surface area contributed by atoms with Gasteiger partial charge >= 0.3 is 0 Å². The first-order chi connectivity index (χ1) is 11.3. The zero-order chi connectivity index (χ0) is 15.8. The second-order valence-electron chi connectivity index (χ2n) is 5.51. The van der Waals surface area contributed by atoms with Gasteiger partial charge in [0, 0.05) is 27.9 Å². The number of nitrogens with zero attached hydrogens (tertiary/aromatic N) is 1. The molecular weight excluding hydrogens is 308 g/mol. The molecule has 0 saturated heterocycles. The lowest BCUT2D eigenvalue weighted by Gasteiger charge is -2.10. The van der Waals surface area contributed by atoms with Gasteiger partial charge in [0.15, 0.2) is 0 Å². The monoisotopic (exact) mass is 322 g/mol. The predicted octanol–water partition coefficient (Wildman–Crippen LogP) is 4.18. The van der Waals surface area contributed by atoms with E-state index in [4.69, 9.17) is 16.6 Å². The van der Waals surface area contributed by atoms with Crippen molar-refractivity contribution in [2.75, 3.05) is 0 Å². The highest BCUT2D eigenvalue weighted by atomic mass is 35.5. The quantitative estimate of drug-likeness (QED) is 0.730. The van der Waals surface area contributed by atoms with Crippen LogP contribution < -0.4 is 0 Å². The second-order valence-corrected chi connectivity index (χ2v) is 5.88. The van der Waals surface area contributed by atoms with Gasteiger partial charge in [0.05, 0.1) is 18.9 Å². The predicted molar refractivity (Wildman–Crippen MR) is 92.9 cm³/mol. The molecular formula is C19H15ClN2O. The molecule has 3 nitrogen and oxygen atoms in total. The van der Waals surface area contributed by atoms with E-state index in [-0.39, 0.29) is 6.61 Å². The number of aliphatic hydroxyl groups is 1. The number of H-pyrrole nitrogens is 1. The van der Waals surface area contributed by atoms with E-state index in [1.807, 2.05) is 30.3 Å². The Morgan fingerprint density at radius 3 is 2.43 bits per heavy atom. The van der Waals surface area contributed by atoms with Gasteiger partial charge in [-0.25, -0.2) is 0 Å². The number of fused-ring (bicyclic) bond motifs is 3. The van der Waals surface area contributed by atoms with Gasteiger partial charge in [-0.3, -0.25) is 4.99 Å². The third kappa shape index (κ3) is 2.29. The molecule has 0 spiro atoms. The first-order valence-electron chi connectivity index (χ1n) is 7.49. The van der Waals surface area contributed by atoms with Crippen LogP contribution in [0, 0.1) is 0 Å². The molecule has 1 aromatic heterocycles. The number of benzene rings is 2. The normalized spacial score (nSPS) is 13.0. The lowest BCUT2D eigenvalue weighted by atomic mass is 9.94. The minimum absolute atomic E-state index is 0.0760. The SMILES string of the molecule is OCc1[nH]c(Cl)c2c1CN=C(c1ccccc1)c1ccccc1-2. The van der Waals surface area contributed by atoms with Crippen LogP contribution in [0.1, 0.15) is 22.4 Å². The summed E-state index contributed by atoms with van der Waals surface area (Å²) in [6.45, 7) is 0.417. The zero-order valence-corrected chi connectivity index (χ0v) is 13.1. The number of halogens is 1. The summed E-state index contributed by atoms with van der Waals surface area (Å²) in [5, 5.41) is 10.1. The Bertz CT molecular complexity index is 897. The Morgan fingerprint density at radius 2 is 1.70 bits per heavy atom. The highest BCUT2D eigenvalue weighted by Gasteiger charge is 2.24. The third-order valence-corrected chi connectivity index (χ3v) is 4.48. The van der Waals surface area contributed by atoms with Crippen molar-refractivity contribution in [1.29, 1.82) is 0 Å². The number of hydrogen-bond donors (Lipinski definition) is 2. The molecule has 1 aliphatic rings. The molecule has 0 atom stereocenters. The average molecular weight is 323 g/mol. The molecule has 0 aliphatic carbocycles.